The Morgan fingerprint density at radius 1 is 1.56 bits per heavy atom. The number of nitrogens with two attached hydrogens (primary N) is 1. The molecule has 0 aliphatic rings. The fourth-order valence-corrected chi connectivity index (χ4v) is 1.20. The minimum atomic E-state index is -4.35. The Morgan fingerprint density at radius 2 is 2.22 bits per heavy atom. The van der Waals surface area contributed by atoms with Crippen molar-refractivity contribution in [1.82, 2.24) is 4.98 Å². The van der Waals surface area contributed by atoms with Gasteiger partial charge in [0.1, 0.15) is 0 Å². The predicted octanol–water partition coefficient (Wildman–Crippen LogP) is 2.34. The molecule has 0 spiro atoms. The molecule has 1 heterocycles. The minimum Gasteiger partial charge on any atom is -0.465 e. The molecule has 0 aromatic carbocycles. The largest absolute Gasteiger partial charge is 0.465 e. The summed E-state index contributed by atoms with van der Waals surface area (Å²) in [7, 11) is 0. The van der Waals surface area contributed by atoms with E-state index in [4.69, 9.17) is 10.5 Å². The molecule has 0 fully saturated rings. The van der Waals surface area contributed by atoms with Gasteiger partial charge in [-0.15, -0.1) is 0 Å². The van der Waals surface area contributed by atoms with E-state index in [1.165, 1.54) is 19.2 Å². The van der Waals surface area contributed by atoms with E-state index in [2.05, 4.69) is 4.98 Å². The Morgan fingerprint density at radius 3 is 2.78 bits per heavy atom. The molecule has 0 bridgehead atoms. The van der Waals surface area contributed by atoms with Gasteiger partial charge in [-0.2, -0.15) is 13.2 Å². The van der Waals surface area contributed by atoms with E-state index in [0.29, 0.717) is 0 Å². The van der Waals surface area contributed by atoms with Crippen LogP contribution >= 0.6 is 0 Å². The van der Waals surface area contributed by atoms with Crippen molar-refractivity contribution in [3.8, 4) is 5.88 Å². The van der Waals surface area contributed by atoms with Crippen LogP contribution in [-0.4, -0.2) is 23.0 Å². The van der Waals surface area contributed by atoms with Gasteiger partial charge in [0.15, 0.2) is 11.9 Å². The normalized spacial score (nSPS) is 13.1. The van der Waals surface area contributed by atoms with Crippen LogP contribution in [0.25, 0.3) is 0 Å². The van der Waals surface area contributed by atoms with Gasteiger partial charge in [0.2, 0.25) is 5.88 Å². The number of alkyl halides is 3. The summed E-state index contributed by atoms with van der Waals surface area (Å²) in [5, 5.41) is 0. The average Bonchev–Trinajstić information content (AvgIpc) is 2.28. The van der Waals surface area contributed by atoms with Crippen LogP contribution in [0.4, 0.5) is 18.9 Å². The lowest BCUT2D eigenvalue weighted by atomic mass is 10.1. The van der Waals surface area contributed by atoms with Crippen LogP contribution < -0.4 is 10.5 Å². The smallest absolute Gasteiger partial charge is 0.389 e. The zero-order valence-electron chi connectivity index (χ0n) is 9.70. The summed E-state index contributed by atoms with van der Waals surface area (Å²) in [4.78, 5) is 15.2. The van der Waals surface area contributed by atoms with Gasteiger partial charge in [-0.05, 0) is 19.1 Å². The fourth-order valence-electron chi connectivity index (χ4n) is 1.20. The minimum absolute atomic E-state index is 0.0466. The highest BCUT2D eigenvalue weighted by atomic mass is 19.4. The highest BCUT2D eigenvalue weighted by Crippen LogP contribution is 2.23. The van der Waals surface area contributed by atoms with Crippen LogP contribution in [0.1, 0.15) is 19.8 Å². The summed E-state index contributed by atoms with van der Waals surface area (Å²) in [6, 6.07) is 3.10. The average molecular weight is 262 g/mol. The van der Waals surface area contributed by atoms with E-state index in [9.17, 15) is 18.0 Å². The number of aromatic nitrogens is 1. The molecule has 7 heteroatoms. The molecule has 0 unspecified atom stereocenters. The van der Waals surface area contributed by atoms with Crippen molar-refractivity contribution >= 4 is 11.5 Å². The summed E-state index contributed by atoms with van der Waals surface area (Å²) >= 11 is 0. The van der Waals surface area contributed by atoms with E-state index < -0.39 is 30.9 Å². The van der Waals surface area contributed by atoms with Crippen LogP contribution in [0.15, 0.2) is 18.3 Å². The SMILES string of the molecule is C[C@@H](Oc1ncccc1N)C(=O)CCC(F)(F)F. The molecule has 0 saturated heterocycles. The number of ketones is 1. The molecule has 0 aliphatic carbocycles. The third-order valence-corrected chi connectivity index (χ3v) is 2.20. The van der Waals surface area contributed by atoms with Gasteiger partial charge < -0.3 is 10.5 Å². The highest BCUT2D eigenvalue weighted by Gasteiger charge is 2.29. The Balaban J connectivity index is 2.53. The number of hydrogen-bond donors (Lipinski definition) is 1. The van der Waals surface area contributed by atoms with Gasteiger partial charge in [-0.25, -0.2) is 4.98 Å². The first-order valence-corrected chi connectivity index (χ1v) is 5.26. The van der Waals surface area contributed by atoms with E-state index in [-0.39, 0.29) is 11.6 Å². The Hall–Kier alpha value is -1.79. The molecular weight excluding hydrogens is 249 g/mol. The number of pyridine rings is 1. The van der Waals surface area contributed by atoms with E-state index in [0.717, 1.165) is 0 Å². The molecule has 0 aliphatic heterocycles. The van der Waals surface area contributed by atoms with Crippen molar-refractivity contribution in [3.05, 3.63) is 18.3 Å². The zero-order valence-corrected chi connectivity index (χ0v) is 9.70. The number of ether oxygens (including phenoxy) is 1. The fraction of sp³-hybridized carbons (Fsp3) is 0.455. The number of hydrogen-bond acceptors (Lipinski definition) is 4. The molecule has 0 amide bonds. The van der Waals surface area contributed by atoms with Gasteiger partial charge in [0.25, 0.3) is 0 Å². The second kappa shape index (κ2) is 5.70. The number of carbonyl (C=O) groups is 1. The summed E-state index contributed by atoms with van der Waals surface area (Å²) in [5.74, 6) is -0.595. The monoisotopic (exact) mass is 262 g/mol. The topological polar surface area (TPSA) is 65.2 Å². The molecule has 0 saturated carbocycles. The Labute approximate surface area is 102 Å². The number of nitrogens with zero attached hydrogens (tertiary/aromatic N) is 1. The zero-order chi connectivity index (χ0) is 13.8. The molecular formula is C11H13F3N2O2. The first-order chi connectivity index (χ1) is 8.29. The maximum atomic E-state index is 11.9. The molecule has 1 atom stereocenters. The number of rotatable bonds is 5. The highest BCUT2D eigenvalue weighted by molar-refractivity contribution is 5.83. The third-order valence-electron chi connectivity index (χ3n) is 2.20. The number of nitrogen functional groups attached to an aromatic ring is 1. The Kier molecular flexibility index (Phi) is 4.52. The summed E-state index contributed by atoms with van der Waals surface area (Å²) in [5.41, 5.74) is 5.76. The van der Waals surface area contributed by atoms with Crippen LogP contribution in [-0.2, 0) is 4.79 Å². The molecule has 18 heavy (non-hydrogen) atoms. The standard InChI is InChI=1S/C11H13F3N2O2/c1-7(9(17)4-5-11(12,13)14)18-10-8(15)3-2-6-16-10/h2-3,6-7H,4-5,15H2,1H3/t7-/m1/s1. The van der Waals surface area contributed by atoms with Crippen molar-refractivity contribution in [2.24, 2.45) is 0 Å². The third kappa shape index (κ3) is 4.60. The van der Waals surface area contributed by atoms with Gasteiger partial charge in [-0.3, -0.25) is 4.79 Å². The molecule has 100 valence electrons. The van der Waals surface area contributed by atoms with Crippen LogP contribution in [0.5, 0.6) is 5.88 Å². The lowest BCUT2D eigenvalue weighted by molar-refractivity contribution is -0.145. The summed E-state index contributed by atoms with van der Waals surface area (Å²) in [6.07, 6.45) is -5.71. The van der Waals surface area contributed by atoms with Crippen LogP contribution in [0.3, 0.4) is 0 Å². The van der Waals surface area contributed by atoms with Gasteiger partial charge in [0, 0.05) is 12.6 Å². The van der Waals surface area contributed by atoms with E-state index >= 15 is 0 Å². The lowest BCUT2D eigenvalue weighted by Gasteiger charge is -2.14. The maximum Gasteiger partial charge on any atom is 0.389 e. The number of Topliss-reactive ketones (excluding diaryl/α,β-unsaturated/α-hetero) is 1. The molecule has 1 rings (SSSR count). The molecule has 1 aromatic rings. The van der Waals surface area contributed by atoms with Crippen LogP contribution in [0, 0.1) is 0 Å². The van der Waals surface area contributed by atoms with Gasteiger partial charge >= 0.3 is 6.18 Å². The van der Waals surface area contributed by atoms with Crippen molar-refractivity contribution in [2.75, 3.05) is 5.73 Å². The Bertz CT molecular complexity index is 421. The number of halogens is 3. The van der Waals surface area contributed by atoms with Crippen molar-refractivity contribution in [3.63, 3.8) is 0 Å². The van der Waals surface area contributed by atoms with E-state index in [1.54, 1.807) is 6.07 Å². The lowest BCUT2D eigenvalue weighted by Crippen LogP contribution is -2.26. The maximum absolute atomic E-state index is 11.9. The summed E-state index contributed by atoms with van der Waals surface area (Å²) < 4.78 is 41.0. The second-order valence-corrected chi connectivity index (χ2v) is 3.74. The van der Waals surface area contributed by atoms with E-state index in [1.807, 2.05) is 0 Å². The van der Waals surface area contributed by atoms with Crippen molar-refractivity contribution in [2.45, 2.75) is 32.0 Å². The second-order valence-electron chi connectivity index (χ2n) is 3.74. The number of anilines is 1. The van der Waals surface area contributed by atoms with Gasteiger partial charge in [-0.1, -0.05) is 0 Å². The molecule has 1 aromatic heterocycles. The molecule has 0 radical (unpaired) electrons. The predicted molar refractivity (Wildman–Crippen MR) is 59.0 cm³/mol. The first kappa shape index (κ1) is 14.3. The quantitative estimate of drug-likeness (QED) is 0.884. The van der Waals surface area contributed by atoms with Crippen LogP contribution in [0.2, 0.25) is 0 Å². The van der Waals surface area contributed by atoms with Gasteiger partial charge in [0.05, 0.1) is 12.1 Å². The van der Waals surface area contributed by atoms with Crippen molar-refractivity contribution < 1.29 is 22.7 Å². The van der Waals surface area contributed by atoms with Crippen molar-refractivity contribution in [1.29, 1.82) is 0 Å². The summed E-state index contributed by atoms with van der Waals surface area (Å²) in [6.45, 7) is 1.37. The first-order valence-electron chi connectivity index (χ1n) is 5.26. The molecule has 2 N–H and O–H groups in total. The molecule has 4 nitrogen and oxygen atoms in total. The number of carbonyl (C=O) groups excluding carboxylic acids is 1.